The summed E-state index contributed by atoms with van der Waals surface area (Å²) in [6, 6.07) is 14.0. The highest BCUT2D eigenvalue weighted by atomic mass is 35.5. The van der Waals surface area contributed by atoms with Gasteiger partial charge in [-0.3, -0.25) is 0 Å². The lowest BCUT2D eigenvalue weighted by molar-refractivity contribution is 0.0527. The van der Waals surface area contributed by atoms with Gasteiger partial charge in [0.2, 0.25) is 0 Å². The van der Waals surface area contributed by atoms with Crippen LogP contribution in [0.5, 0.6) is 0 Å². The fourth-order valence-corrected chi connectivity index (χ4v) is 4.13. The number of ether oxygens (including phenoxy) is 1. The second-order valence-electron chi connectivity index (χ2n) is 6.52. The Bertz CT molecular complexity index is 828. The van der Waals surface area contributed by atoms with Crippen molar-refractivity contribution in [2.75, 3.05) is 11.9 Å². The first-order valence-corrected chi connectivity index (χ1v) is 9.05. The van der Waals surface area contributed by atoms with Crippen LogP contribution in [0.2, 0.25) is 5.02 Å². The minimum atomic E-state index is -0.276. The molecule has 0 amide bonds. The van der Waals surface area contributed by atoms with Crippen LogP contribution in [0.3, 0.4) is 0 Å². The minimum Gasteiger partial charge on any atom is -0.462 e. The summed E-state index contributed by atoms with van der Waals surface area (Å²) in [4.78, 5) is 12.4. The summed E-state index contributed by atoms with van der Waals surface area (Å²) < 4.78 is 5.25. The van der Waals surface area contributed by atoms with E-state index in [1.807, 2.05) is 31.2 Å². The van der Waals surface area contributed by atoms with E-state index < -0.39 is 0 Å². The van der Waals surface area contributed by atoms with Crippen molar-refractivity contribution < 1.29 is 9.53 Å². The van der Waals surface area contributed by atoms with E-state index in [1.165, 1.54) is 11.1 Å². The Kier molecular flexibility index (Phi) is 4.26. The lowest BCUT2D eigenvalue weighted by Crippen LogP contribution is -2.30. The molecule has 0 saturated carbocycles. The molecule has 4 rings (SSSR count). The number of hydrogen-bond acceptors (Lipinski definition) is 3. The average molecular weight is 354 g/mol. The molecule has 0 fully saturated rings. The highest BCUT2D eigenvalue weighted by molar-refractivity contribution is 6.30. The van der Waals surface area contributed by atoms with Crippen LogP contribution < -0.4 is 5.32 Å². The van der Waals surface area contributed by atoms with Crippen LogP contribution in [-0.4, -0.2) is 12.6 Å². The molecule has 0 aromatic heterocycles. The zero-order chi connectivity index (χ0) is 17.4. The van der Waals surface area contributed by atoms with Gasteiger partial charge in [-0.2, -0.15) is 0 Å². The van der Waals surface area contributed by atoms with Crippen molar-refractivity contribution >= 4 is 23.3 Å². The van der Waals surface area contributed by atoms with Crippen LogP contribution in [-0.2, 0) is 4.74 Å². The number of anilines is 1. The van der Waals surface area contributed by atoms with Gasteiger partial charge in [-0.1, -0.05) is 48.0 Å². The van der Waals surface area contributed by atoms with E-state index in [2.05, 4.69) is 35.7 Å². The van der Waals surface area contributed by atoms with Crippen LogP contribution >= 0.6 is 11.6 Å². The number of hydrogen-bond donors (Lipinski definition) is 1. The first-order chi connectivity index (χ1) is 12.2. The largest absolute Gasteiger partial charge is 0.462 e. The summed E-state index contributed by atoms with van der Waals surface area (Å²) in [5.41, 5.74) is 3.87. The number of para-hydroxylation sites is 1. The predicted molar refractivity (Wildman–Crippen MR) is 100 cm³/mol. The third kappa shape index (κ3) is 2.83. The number of carbonyl (C=O) groups excluding carboxylic acids is 1. The Morgan fingerprint density at radius 3 is 2.80 bits per heavy atom. The van der Waals surface area contributed by atoms with Gasteiger partial charge in [0.05, 0.1) is 23.9 Å². The van der Waals surface area contributed by atoms with Gasteiger partial charge in [-0.05, 0) is 48.6 Å². The Balaban J connectivity index is 1.79. The molecule has 1 N–H and O–H groups in total. The lowest BCUT2D eigenvalue weighted by Gasteiger charge is -2.38. The zero-order valence-electron chi connectivity index (χ0n) is 14.0. The average Bonchev–Trinajstić information content (AvgIpc) is 3.11. The first-order valence-electron chi connectivity index (χ1n) is 8.67. The number of benzene rings is 2. The zero-order valence-corrected chi connectivity index (χ0v) is 14.8. The molecule has 4 heteroatoms. The van der Waals surface area contributed by atoms with Crippen molar-refractivity contribution in [3.8, 4) is 0 Å². The molecule has 3 atom stereocenters. The maximum Gasteiger partial charge on any atom is 0.340 e. The molecule has 1 aliphatic heterocycles. The van der Waals surface area contributed by atoms with Crippen LogP contribution in [0.4, 0.5) is 5.69 Å². The molecule has 0 unspecified atom stereocenters. The van der Waals surface area contributed by atoms with Crippen molar-refractivity contribution in [1.29, 1.82) is 0 Å². The standard InChI is InChI=1S/C21H20ClNO2/c1-2-25-21(24)18-8-4-7-17-15-5-3-6-16(15)19(23-20(17)18)13-9-11-14(22)12-10-13/h3-5,7-12,15-16,19,23H,2,6H2,1H3/t15-,16+,19-/m1/s1. The topological polar surface area (TPSA) is 38.3 Å². The van der Waals surface area contributed by atoms with Gasteiger partial charge in [0, 0.05) is 10.9 Å². The molecule has 0 radical (unpaired) electrons. The lowest BCUT2D eigenvalue weighted by atomic mass is 9.76. The van der Waals surface area contributed by atoms with E-state index in [-0.39, 0.29) is 12.0 Å². The van der Waals surface area contributed by atoms with Gasteiger partial charge in [0.1, 0.15) is 0 Å². The van der Waals surface area contributed by atoms with Crippen LogP contribution in [0.25, 0.3) is 0 Å². The summed E-state index contributed by atoms with van der Waals surface area (Å²) in [6.07, 6.45) is 5.53. The maximum absolute atomic E-state index is 12.4. The molecule has 3 nitrogen and oxygen atoms in total. The fourth-order valence-electron chi connectivity index (χ4n) is 4.00. The number of esters is 1. The number of fused-ring (bicyclic) bond motifs is 3. The number of carbonyl (C=O) groups is 1. The van der Waals surface area contributed by atoms with Crippen molar-refractivity contribution in [3.63, 3.8) is 0 Å². The Labute approximate surface area is 152 Å². The number of rotatable bonds is 3. The van der Waals surface area contributed by atoms with E-state index >= 15 is 0 Å². The van der Waals surface area contributed by atoms with E-state index in [4.69, 9.17) is 16.3 Å². The van der Waals surface area contributed by atoms with Gasteiger partial charge < -0.3 is 10.1 Å². The first kappa shape index (κ1) is 16.2. The second-order valence-corrected chi connectivity index (χ2v) is 6.95. The summed E-state index contributed by atoms with van der Waals surface area (Å²) >= 11 is 6.05. The maximum atomic E-state index is 12.4. The Hall–Kier alpha value is -2.26. The molecular weight excluding hydrogens is 334 g/mol. The summed E-state index contributed by atoms with van der Waals surface area (Å²) in [6.45, 7) is 2.20. The van der Waals surface area contributed by atoms with Gasteiger partial charge in [0.25, 0.3) is 0 Å². The normalized spacial score (nSPS) is 23.5. The van der Waals surface area contributed by atoms with Gasteiger partial charge in [0.15, 0.2) is 0 Å². The molecule has 2 aliphatic rings. The van der Waals surface area contributed by atoms with Crippen LogP contribution in [0, 0.1) is 5.92 Å². The summed E-state index contributed by atoms with van der Waals surface area (Å²) in [5, 5.41) is 4.36. The third-order valence-electron chi connectivity index (χ3n) is 5.12. The highest BCUT2D eigenvalue weighted by Gasteiger charge is 2.39. The Morgan fingerprint density at radius 1 is 1.24 bits per heavy atom. The van der Waals surface area contributed by atoms with E-state index in [0.29, 0.717) is 24.0 Å². The summed E-state index contributed by atoms with van der Waals surface area (Å²) in [7, 11) is 0. The van der Waals surface area contributed by atoms with Gasteiger partial charge in [-0.15, -0.1) is 0 Å². The fraction of sp³-hybridized carbons (Fsp3) is 0.286. The molecule has 2 aromatic rings. The molecule has 0 spiro atoms. The van der Waals surface area contributed by atoms with Crippen LogP contribution in [0.15, 0.2) is 54.6 Å². The molecule has 0 bridgehead atoms. The quantitative estimate of drug-likeness (QED) is 0.597. The van der Waals surface area contributed by atoms with E-state index in [0.717, 1.165) is 17.1 Å². The second kappa shape index (κ2) is 6.57. The monoisotopic (exact) mass is 353 g/mol. The number of halogens is 1. The SMILES string of the molecule is CCOC(=O)c1cccc2c1N[C@H](c1ccc(Cl)cc1)[C@H]1CC=C[C@@H]21. The highest BCUT2D eigenvalue weighted by Crippen LogP contribution is 2.50. The molecule has 0 saturated heterocycles. The van der Waals surface area contributed by atoms with Crippen molar-refractivity contribution in [1.82, 2.24) is 0 Å². The molecule has 1 heterocycles. The number of allylic oxidation sites excluding steroid dienone is 2. The molecule has 128 valence electrons. The molecular formula is C21H20ClNO2. The Morgan fingerprint density at radius 2 is 2.04 bits per heavy atom. The molecule has 2 aromatic carbocycles. The van der Waals surface area contributed by atoms with E-state index in [9.17, 15) is 4.79 Å². The van der Waals surface area contributed by atoms with Crippen molar-refractivity contribution in [3.05, 3.63) is 76.3 Å². The molecule has 1 aliphatic carbocycles. The van der Waals surface area contributed by atoms with Gasteiger partial charge in [-0.25, -0.2) is 4.79 Å². The minimum absolute atomic E-state index is 0.139. The van der Waals surface area contributed by atoms with Crippen molar-refractivity contribution in [2.45, 2.75) is 25.3 Å². The summed E-state index contributed by atoms with van der Waals surface area (Å²) in [5.74, 6) is 0.472. The smallest absolute Gasteiger partial charge is 0.340 e. The van der Waals surface area contributed by atoms with E-state index in [1.54, 1.807) is 0 Å². The predicted octanol–water partition coefficient (Wildman–Crippen LogP) is 5.34. The van der Waals surface area contributed by atoms with Crippen LogP contribution in [0.1, 0.15) is 46.8 Å². The van der Waals surface area contributed by atoms with Crippen molar-refractivity contribution in [2.24, 2.45) is 5.92 Å². The molecule has 25 heavy (non-hydrogen) atoms. The number of nitrogens with one attached hydrogen (secondary N) is 1. The third-order valence-corrected chi connectivity index (χ3v) is 5.37. The van der Waals surface area contributed by atoms with Gasteiger partial charge >= 0.3 is 5.97 Å².